The second-order valence-corrected chi connectivity index (χ2v) is 8.25. The number of aromatic nitrogens is 4. The summed E-state index contributed by atoms with van der Waals surface area (Å²) in [7, 11) is 0. The van der Waals surface area contributed by atoms with Gasteiger partial charge < -0.3 is 0 Å². The second-order valence-electron chi connectivity index (χ2n) is 7.19. The van der Waals surface area contributed by atoms with Crippen LogP contribution in [0.2, 0.25) is 0 Å². The van der Waals surface area contributed by atoms with E-state index in [9.17, 15) is 9.59 Å². The highest BCUT2D eigenvalue weighted by Gasteiger charge is 2.18. The minimum Gasteiger partial charge on any atom is -0.295 e. The lowest BCUT2D eigenvalue weighted by Gasteiger charge is -2.12. The Balaban J connectivity index is 1.89. The van der Waals surface area contributed by atoms with E-state index in [4.69, 9.17) is 0 Å². The van der Waals surface area contributed by atoms with Gasteiger partial charge in [0.25, 0.3) is 11.5 Å². The molecule has 0 unspecified atom stereocenters. The summed E-state index contributed by atoms with van der Waals surface area (Å²) in [5.74, 6) is -0.152. The molecule has 0 spiro atoms. The van der Waals surface area contributed by atoms with Crippen molar-refractivity contribution in [3.63, 3.8) is 0 Å². The third kappa shape index (κ3) is 4.62. The zero-order valence-electron chi connectivity index (χ0n) is 16.4. The largest absolute Gasteiger partial charge is 0.295 e. The third-order valence-electron chi connectivity index (χ3n) is 4.30. The fourth-order valence-corrected chi connectivity index (χ4v) is 3.74. The minimum absolute atomic E-state index is 0.185. The van der Waals surface area contributed by atoms with Crippen molar-refractivity contribution in [2.45, 2.75) is 53.0 Å². The Morgan fingerprint density at radius 2 is 1.93 bits per heavy atom. The zero-order chi connectivity index (χ0) is 20.1. The zero-order valence-corrected chi connectivity index (χ0v) is 17.3. The summed E-state index contributed by atoms with van der Waals surface area (Å²) in [6.45, 7) is 6.61. The van der Waals surface area contributed by atoms with E-state index in [2.05, 4.69) is 27.5 Å². The molecular formula is C20H25N5O2S. The van der Waals surface area contributed by atoms with Crippen molar-refractivity contribution in [2.75, 3.05) is 5.32 Å². The van der Waals surface area contributed by atoms with Crippen molar-refractivity contribution < 1.29 is 4.79 Å². The van der Waals surface area contributed by atoms with E-state index in [0.717, 1.165) is 30.7 Å². The van der Waals surface area contributed by atoms with Gasteiger partial charge in [0.1, 0.15) is 5.01 Å². The first-order valence-electron chi connectivity index (χ1n) is 9.63. The Hall–Kier alpha value is -2.61. The summed E-state index contributed by atoms with van der Waals surface area (Å²) in [6, 6.07) is 7.06. The molecule has 2 heterocycles. The fourth-order valence-electron chi connectivity index (χ4n) is 2.96. The normalized spacial score (nSPS) is 11.3. The SMILES string of the molecule is CCCCCc1nnc(NC(=O)c2nn(CC(C)C)c(=O)c3ccccc23)s1. The number of benzene rings is 1. The van der Waals surface area contributed by atoms with Gasteiger partial charge >= 0.3 is 0 Å². The number of carbonyl (C=O) groups is 1. The maximum absolute atomic E-state index is 12.9. The summed E-state index contributed by atoms with van der Waals surface area (Å²) in [5, 5.41) is 17.7. The van der Waals surface area contributed by atoms with Crippen molar-refractivity contribution in [3.05, 3.63) is 45.3 Å². The number of aryl methyl sites for hydroxylation is 1. The molecule has 0 fully saturated rings. The predicted molar refractivity (Wildman–Crippen MR) is 112 cm³/mol. The van der Waals surface area contributed by atoms with Crippen LogP contribution in [0.3, 0.4) is 0 Å². The van der Waals surface area contributed by atoms with Gasteiger partial charge in [-0.3, -0.25) is 14.9 Å². The number of amides is 1. The van der Waals surface area contributed by atoms with Gasteiger partial charge in [-0.05, 0) is 18.4 Å². The molecule has 148 valence electrons. The first kappa shape index (κ1) is 20.1. The maximum atomic E-state index is 12.9. The number of hydrogen-bond acceptors (Lipinski definition) is 6. The van der Waals surface area contributed by atoms with E-state index in [1.807, 2.05) is 13.8 Å². The number of carbonyl (C=O) groups excluding carboxylic acids is 1. The van der Waals surface area contributed by atoms with Crippen LogP contribution < -0.4 is 10.9 Å². The van der Waals surface area contributed by atoms with Crippen LogP contribution >= 0.6 is 11.3 Å². The van der Waals surface area contributed by atoms with Crippen LogP contribution in [-0.4, -0.2) is 25.9 Å². The molecule has 1 amide bonds. The van der Waals surface area contributed by atoms with Crippen LogP contribution in [0.15, 0.2) is 29.1 Å². The number of nitrogens with one attached hydrogen (secondary N) is 1. The highest BCUT2D eigenvalue weighted by Crippen LogP contribution is 2.20. The van der Waals surface area contributed by atoms with Crippen LogP contribution in [0, 0.1) is 5.92 Å². The van der Waals surface area contributed by atoms with E-state index < -0.39 is 0 Å². The number of anilines is 1. The molecule has 0 aliphatic heterocycles. The van der Waals surface area contributed by atoms with Gasteiger partial charge in [0.15, 0.2) is 5.69 Å². The van der Waals surface area contributed by atoms with Gasteiger partial charge in [0.2, 0.25) is 5.13 Å². The smallest absolute Gasteiger partial charge is 0.278 e. The molecule has 3 aromatic rings. The minimum atomic E-state index is -0.384. The Kier molecular flexibility index (Phi) is 6.51. The van der Waals surface area contributed by atoms with Crippen molar-refractivity contribution in [3.8, 4) is 0 Å². The molecule has 0 aliphatic carbocycles. The third-order valence-corrected chi connectivity index (χ3v) is 5.20. The predicted octanol–water partition coefficient (Wildman–Crippen LogP) is 3.89. The van der Waals surface area contributed by atoms with Crippen LogP contribution in [-0.2, 0) is 13.0 Å². The van der Waals surface area contributed by atoms with Crippen molar-refractivity contribution >= 4 is 33.1 Å². The van der Waals surface area contributed by atoms with E-state index in [1.165, 1.54) is 16.0 Å². The lowest BCUT2D eigenvalue weighted by atomic mass is 10.1. The number of nitrogens with zero attached hydrogens (tertiary/aromatic N) is 4. The summed E-state index contributed by atoms with van der Waals surface area (Å²) in [4.78, 5) is 25.6. The van der Waals surface area contributed by atoms with E-state index in [0.29, 0.717) is 22.4 Å². The molecule has 7 nitrogen and oxygen atoms in total. The average Bonchev–Trinajstić information content (AvgIpc) is 3.11. The second kappa shape index (κ2) is 9.05. The monoisotopic (exact) mass is 399 g/mol. The Bertz CT molecular complexity index is 1020. The molecular weight excluding hydrogens is 374 g/mol. The first-order chi connectivity index (χ1) is 13.5. The van der Waals surface area contributed by atoms with E-state index >= 15 is 0 Å². The van der Waals surface area contributed by atoms with Crippen molar-refractivity contribution in [1.29, 1.82) is 0 Å². The van der Waals surface area contributed by atoms with Crippen LogP contribution in [0.4, 0.5) is 5.13 Å². The topological polar surface area (TPSA) is 89.8 Å². The van der Waals surface area contributed by atoms with Gasteiger partial charge in [-0.15, -0.1) is 10.2 Å². The molecule has 0 radical (unpaired) electrons. The number of fused-ring (bicyclic) bond motifs is 1. The Labute approximate surface area is 167 Å². The molecule has 8 heteroatoms. The lowest BCUT2D eigenvalue weighted by Crippen LogP contribution is -2.29. The molecule has 3 rings (SSSR count). The molecule has 0 bridgehead atoms. The number of unbranched alkanes of at least 4 members (excludes halogenated alkanes) is 2. The fraction of sp³-hybridized carbons (Fsp3) is 0.450. The van der Waals surface area contributed by atoms with Crippen LogP contribution in [0.5, 0.6) is 0 Å². The Morgan fingerprint density at radius 1 is 1.18 bits per heavy atom. The molecule has 0 saturated carbocycles. The summed E-state index contributed by atoms with van der Waals surface area (Å²) in [6.07, 6.45) is 4.22. The maximum Gasteiger partial charge on any atom is 0.278 e. The van der Waals surface area contributed by atoms with Crippen LogP contribution in [0.25, 0.3) is 10.8 Å². The van der Waals surface area contributed by atoms with E-state index in [-0.39, 0.29) is 23.1 Å². The average molecular weight is 400 g/mol. The van der Waals surface area contributed by atoms with Gasteiger partial charge in [0.05, 0.1) is 5.39 Å². The molecule has 0 atom stereocenters. The highest BCUT2D eigenvalue weighted by molar-refractivity contribution is 7.15. The van der Waals surface area contributed by atoms with Crippen molar-refractivity contribution in [2.24, 2.45) is 5.92 Å². The first-order valence-corrected chi connectivity index (χ1v) is 10.4. The molecule has 2 aromatic heterocycles. The van der Waals surface area contributed by atoms with E-state index in [1.54, 1.807) is 24.3 Å². The molecule has 0 aliphatic rings. The standard InChI is InChI=1S/C20H25N5O2S/c1-4-5-6-11-16-22-23-20(28-16)21-18(26)17-14-9-7-8-10-15(14)19(27)25(24-17)12-13(2)3/h7-10,13H,4-6,11-12H2,1-3H3,(H,21,23,26). The lowest BCUT2D eigenvalue weighted by molar-refractivity contribution is 0.102. The number of hydrogen-bond donors (Lipinski definition) is 1. The summed E-state index contributed by atoms with van der Waals surface area (Å²) in [5.41, 5.74) is 0.0357. The number of rotatable bonds is 8. The van der Waals surface area contributed by atoms with Gasteiger partial charge in [-0.1, -0.05) is 63.1 Å². The molecule has 28 heavy (non-hydrogen) atoms. The molecule has 1 aromatic carbocycles. The van der Waals surface area contributed by atoms with Gasteiger partial charge in [-0.25, -0.2) is 4.68 Å². The summed E-state index contributed by atoms with van der Waals surface area (Å²) >= 11 is 1.38. The van der Waals surface area contributed by atoms with Crippen LogP contribution in [0.1, 0.15) is 55.5 Å². The van der Waals surface area contributed by atoms with Crippen molar-refractivity contribution in [1.82, 2.24) is 20.0 Å². The summed E-state index contributed by atoms with van der Waals surface area (Å²) < 4.78 is 1.37. The Morgan fingerprint density at radius 3 is 2.64 bits per heavy atom. The van der Waals surface area contributed by atoms with Gasteiger partial charge in [-0.2, -0.15) is 5.10 Å². The quantitative estimate of drug-likeness (QED) is 0.581. The van der Waals surface area contributed by atoms with Gasteiger partial charge in [0, 0.05) is 18.4 Å². The molecule has 0 saturated heterocycles. The highest BCUT2D eigenvalue weighted by atomic mass is 32.1. The molecule has 1 N–H and O–H groups in total.